The quantitative estimate of drug-likeness (QED) is 0.741. The van der Waals surface area contributed by atoms with E-state index in [0.717, 1.165) is 4.88 Å². The van der Waals surface area contributed by atoms with Crippen LogP contribution in [-0.4, -0.2) is 43.8 Å². The number of allylic oxidation sites excluding steroid dienone is 3. The third kappa shape index (κ3) is 3.28. The average molecular weight is 383 g/mol. The lowest BCUT2D eigenvalue weighted by atomic mass is 9.94. The molecule has 0 fully saturated rings. The van der Waals surface area contributed by atoms with Crippen LogP contribution in [0.25, 0.3) is 10.7 Å². The third-order valence-corrected chi connectivity index (χ3v) is 5.22. The normalized spacial score (nSPS) is 19.4. The summed E-state index contributed by atoms with van der Waals surface area (Å²) in [5.41, 5.74) is 0.642. The Hall–Kier alpha value is -2.87. The molecule has 4 rings (SSSR count). The Labute approximate surface area is 160 Å². The highest BCUT2D eigenvalue weighted by Gasteiger charge is 2.47. The Kier molecular flexibility index (Phi) is 4.57. The maximum atomic E-state index is 13.0. The van der Waals surface area contributed by atoms with Gasteiger partial charge in [0.1, 0.15) is 11.6 Å². The lowest BCUT2D eigenvalue weighted by Crippen LogP contribution is -2.55. The van der Waals surface area contributed by atoms with Gasteiger partial charge in [0.05, 0.1) is 11.4 Å². The molecule has 1 unspecified atom stereocenters. The first kappa shape index (κ1) is 17.5. The molecule has 8 heteroatoms. The maximum absolute atomic E-state index is 13.0. The van der Waals surface area contributed by atoms with Crippen LogP contribution < -0.4 is 0 Å². The largest absolute Gasteiger partial charge is 0.501 e. The van der Waals surface area contributed by atoms with Crippen molar-refractivity contribution in [1.82, 2.24) is 15.0 Å². The first-order valence-electron chi connectivity index (χ1n) is 8.75. The van der Waals surface area contributed by atoms with Gasteiger partial charge in [0.15, 0.2) is 6.54 Å². The topological polar surface area (TPSA) is 79.3 Å². The Morgan fingerprint density at radius 2 is 2.19 bits per heavy atom. The number of imide groups is 1. The zero-order chi connectivity index (χ0) is 19.0. The van der Waals surface area contributed by atoms with Gasteiger partial charge in [-0.15, -0.1) is 11.3 Å². The second kappa shape index (κ2) is 7.03. The molecule has 1 atom stereocenters. The number of urea groups is 1. The van der Waals surface area contributed by atoms with E-state index in [1.807, 2.05) is 49.6 Å². The summed E-state index contributed by atoms with van der Waals surface area (Å²) in [6, 6.07) is 3.48. The van der Waals surface area contributed by atoms with Crippen LogP contribution in [0.4, 0.5) is 4.79 Å². The first-order valence-corrected chi connectivity index (χ1v) is 9.63. The van der Waals surface area contributed by atoms with Gasteiger partial charge in [-0.05, 0) is 23.4 Å². The molecule has 7 nitrogen and oxygen atoms in total. The fourth-order valence-electron chi connectivity index (χ4n) is 3.17. The Morgan fingerprint density at radius 3 is 2.93 bits per heavy atom. The van der Waals surface area contributed by atoms with E-state index in [1.165, 1.54) is 16.2 Å². The summed E-state index contributed by atoms with van der Waals surface area (Å²) in [6.07, 6.45) is 7.26. The minimum absolute atomic E-state index is 0.128. The second-order valence-electron chi connectivity index (χ2n) is 6.85. The molecule has 2 aromatic rings. The third-order valence-electron chi connectivity index (χ3n) is 4.36. The van der Waals surface area contributed by atoms with E-state index in [4.69, 9.17) is 4.52 Å². The molecule has 1 aliphatic heterocycles. The summed E-state index contributed by atoms with van der Waals surface area (Å²) in [6.45, 7) is 4.46. The van der Waals surface area contributed by atoms with Crippen molar-refractivity contribution < 1.29 is 18.7 Å². The Balaban J connectivity index is 1.68. The van der Waals surface area contributed by atoms with Crippen LogP contribution in [0, 0.1) is 11.8 Å². The van der Waals surface area contributed by atoms with Crippen LogP contribution >= 0.6 is 11.3 Å². The number of thiophene rings is 1. The molecule has 27 heavy (non-hydrogen) atoms. The molecule has 0 radical (unpaired) electrons. The summed E-state index contributed by atoms with van der Waals surface area (Å²) in [5, 5.41) is 5.94. The number of rotatable bonds is 5. The van der Waals surface area contributed by atoms with E-state index in [9.17, 15) is 9.59 Å². The van der Waals surface area contributed by atoms with Crippen LogP contribution in [-0.2, 0) is 11.3 Å². The highest BCUT2D eigenvalue weighted by atomic mass is 32.1. The van der Waals surface area contributed by atoms with Gasteiger partial charge < -0.3 is 4.52 Å². The standard InChI is InChI=1S/C19H19N4O3S/c1-12(2)10-23-18(24)13-6-3-4-7-14(13)22(19(23)25)11-16-20-17(21-26-16)15-8-5-9-27-15/h3-9,12-13H,10-11H2,1-2H3/q+1. The number of carbonyl (C=O) groups is 2. The molecule has 3 amide bonds. The number of aromatic nitrogens is 2. The molecule has 0 N–H and O–H groups in total. The molecule has 0 saturated heterocycles. The van der Waals surface area contributed by atoms with E-state index >= 15 is 0 Å². The van der Waals surface area contributed by atoms with Crippen LogP contribution in [0.1, 0.15) is 19.7 Å². The smallest absolute Gasteiger partial charge is 0.335 e. The van der Waals surface area contributed by atoms with Crippen LogP contribution in [0.3, 0.4) is 0 Å². The average Bonchev–Trinajstić information content (AvgIpc) is 3.33. The fourth-order valence-corrected chi connectivity index (χ4v) is 3.82. The molecular formula is C19H19N4O3S+. The van der Waals surface area contributed by atoms with Crippen molar-refractivity contribution in [1.29, 1.82) is 0 Å². The predicted molar refractivity (Wildman–Crippen MR) is 100 cm³/mol. The highest BCUT2D eigenvalue weighted by Crippen LogP contribution is 2.24. The van der Waals surface area contributed by atoms with E-state index < -0.39 is 5.92 Å². The van der Waals surface area contributed by atoms with E-state index in [2.05, 4.69) is 10.1 Å². The van der Waals surface area contributed by atoms with Gasteiger partial charge in [0.25, 0.3) is 5.89 Å². The molecular weight excluding hydrogens is 364 g/mol. The summed E-state index contributed by atoms with van der Waals surface area (Å²) in [4.78, 5) is 32.4. The van der Waals surface area contributed by atoms with Crippen molar-refractivity contribution in [2.45, 2.75) is 20.4 Å². The SMILES string of the molecule is CC(C)CN1C(=O)C2C=CC=CC2=[N+](Cc2nc(-c3cccs3)no2)C1=O. The monoisotopic (exact) mass is 383 g/mol. The van der Waals surface area contributed by atoms with Gasteiger partial charge in [-0.2, -0.15) is 19.3 Å². The molecule has 3 heterocycles. The molecule has 0 spiro atoms. The maximum Gasteiger partial charge on any atom is 0.501 e. The van der Waals surface area contributed by atoms with Gasteiger partial charge in [0.2, 0.25) is 5.82 Å². The van der Waals surface area contributed by atoms with Crippen LogP contribution in [0.2, 0.25) is 0 Å². The first-order chi connectivity index (χ1) is 13.0. The van der Waals surface area contributed by atoms with Crippen molar-refractivity contribution in [2.24, 2.45) is 11.8 Å². The lowest BCUT2D eigenvalue weighted by Gasteiger charge is -2.27. The lowest BCUT2D eigenvalue weighted by molar-refractivity contribution is -0.460. The summed E-state index contributed by atoms with van der Waals surface area (Å²) in [7, 11) is 0. The summed E-state index contributed by atoms with van der Waals surface area (Å²) < 4.78 is 6.91. The number of hydrogen-bond donors (Lipinski definition) is 0. The Morgan fingerprint density at radius 1 is 1.33 bits per heavy atom. The second-order valence-corrected chi connectivity index (χ2v) is 7.79. The summed E-state index contributed by atoms with van der Waals surface area (Å²) >= 11 is 1.52. The molecule has 2 aliphatic rings. The minimum atomic E-state index is -0.467. The molecule has 0 saturated carbocycles. The van der Waals surface area contributed by atoms with E-state index in [-0.39, 0.29) is 24.4 Å². The van der Waals surface area contributed by atoms with Crippen LogP contribution in [0.5, 0.6) is 0 Å². The zero-order valence-corrected chi connectivity index (χ0v) is 15.8. The van der Waals surface area contributed by atoms with E-state index in [1.54, 1.807) is 10.7 Å². The minimum Gasteiger partial charge on any atom is -0.335 e. The summed E-state index contributed by atoms with van der Waals surface area (Å²) in [5.74, 6) is 0.356. The zero-order valence-electron chi connectivity index (χ0n) is 15.0. The molecule has 2 aromatic heterocycles. The highest BCUT2D eigenvalue weighted by molar-refractivity contribution is 7.13. The van der Waals surface area contributed by atoms with Crippen molar-refractivity contribution >= 4 is 29.0 Å². The van der Waals surface area contributed by atoms with Gasteiger partial charge in [-0.1, -0.05) is 43.3 Å². The number of fused-ring (bicyclic) bond motifs is 1. The van der Waals surface area contributed by atoms with Crippen molar-refractivity contribution in [3.05, 3.63) is 47.7 Å². The van der Waals surface area contributed by atoms with E-state index in [0.29, 0.717) is 24.0 Å². The van der Waals surface area contributed by atoms with Gasteiger partial charge >= 0.3 is 11.9 Å². The number of carbonyl (C=O) groups excluding carboxylic acids is 2. The molecule has 0 bridgehead atoms. The van der Waals surface area contributed by atoms with Gasteiger partial charge in [-0.25, -0.2) is 4.79 Å². The number of amides is 3. The van der Waals surface area contributed by atoms with Gasteiger partial charge in [-0.3, -0.25) is 0 Å². The molecule has 0 aromatic carbocycles. The van der Waals surface area contributed by atoms with Crippen molar-refractivity contribution in [2.75, 3.05) is 6.54 Å². The Bertz CT molecular complexity index is 969. The fraction of sp³-hybridized carbons (Fsp3) is 0.316. The predicted octanol–water partition coefficient (Wildman–Crippen LogP) is 3.11. The van der Waals surface area contributed by atoms with Crippen molar-refractivity contribution in [3.8, 4) is 10.7 Å². The van der Waals surface area contributed by atoms with Crippen molar-refractivity contribution in [3.63, 3.8) is 0 Å². The number of nitrogens with zero attached hydrogens (tertiary/aromatic N) is 4. The van der Waals surface area contributed by atoms with Crippen LogP contribution in [0.15, 0.2) is 46.3 Å². The van der Waals surface area contributed by atoms with Gasteiger partial charge in [0, 0.05) is 0 Å². The molecule has 1 aliphatic carbocycles. The molecule has 138 valence electrons. The number of hydrogen-bond acceptors (Lipinski definition) is 6.